The second-order valence-corrected chi connectivity index (χ2v) is 4.74. The Balaban J connectivity index is 1.73. The van der Waals surface area contributed by atoms with Gasteiger partial charge in [-0.15, -0.1) is 0 Å². The van der Waals surface area contributed by atoms with Gasteiger partial charge in [-0.1, -0.05) is 18.2 Å². The van der Waals surface area contributed by atoms with Crippen molar-refractivity contribution in [2.75, 3.05) is 0 Å². The van der Waals surface area contributed by atoms with E-state index in [1.54, 1.807) is 0 Å². The fourth-order valence-corrected chi connectivity index (χ4v) is 2.13. The Labute approximate surface area is 112 Å². The van der Waals surface area contributed by atoms with Gasteiger partial charge in [-0.2, -0.15) is 0 Å². The Morgan fingerprint density at radius 1 is 1.37 bits per heavy atom. The van der Waals surface area contributed by atoms with Gasteiger partial charge >= 0.3 is 0 Å². The van der Waals surface area contributed by atoms with Gasteiger partial charge in [0.15, 0.2) is 0 Å². The molecule has 98 valence electrons. The number of nitrogens with one attached hydrogen (secondary N) is 1. The predicted octanol–water partition coefficient (Wildman–Crippen LogP) is 3.02. The quantitative estimate of drug-likeness (QED) is 0.779. The lowest BCUT2D eigenvalue weighted by atomic mass is 10.2. The first-order chi connectivity index (χ1) is 9.24. The molecule has 0 saturated heterocycles. The van der Waals surface area contributed by atoms with Crippen molar-refractivity contribution in [2.45, 2.75) is 19.5 Å². The molecule has 3 aromatic rings. The highest BCUT2D eigenvalue weighted by atomic mass is 16.3. The summed E-state index contributed by atoms with van der Waals surface area (Å²) in [7, 11) is 2.00. The van der Waals surface area contributed by atoms with E-state index in [0.29, 0.717) is 0 Å². The highest BCUT2D eigenvalue weighted by Crippen LogP contribution is 2.23. The molecular weight excluding hydrogens is 238 g/mol. The summed E-state index contributed by atoms with van der Waals surface area (Å²) in [6.45, 7) is 2.82. The molecule has 1 N–H and O–H groups in total. The van der Waals surface area contributed by atoms with Crippen molar-refractivity contribution in [3.8, 4) is 0 Å². The zero-order chi connectivity index (χ0) is 13.2. The van der Waals surface area contributed by atoms with Gasteiger partial charge in [0.2, 0.25) is 0 Å². The molecule has 0 saturated carbocycles. The Morgan fingerprint density at radius 3 is 2.95 bits per heavy atom. The largest absolute Gasteiger partial charge is 0.459 e. The lowest BCUT2D eigenvalue weighted by Gasteiger charge is -2.10. The number of hydrogen-bond donors (Lipinski definition) is 1. The third-order valence-corrected chi connectivity index (χ3v) is 3.36. The summed E-state index contributed by atoms with van der Waals surface area (Å²) in [5.74, 6) is 1.97. The van der Waals surface area contributed by atoms with Gasteiger partial charge in [-0.05, 0) is 19.1 Å². The maximum Gasteiger partial charge on any atom is 0.134 e. The van der Waals surface area contributed by atoms with Crippen LogP contribution >= 0.6 is 0 Å². The number of rotatable bonds is 4. The highest BCUT2D eigenvalue weighted by molar-refractivity contribution is 5.77. The standard InChI is InChI=1S/C15H17N3O/c1-11(17-10-15-16-7-8-18(15)2)14-9-12-5-3-4-6-13(12)19-14/h3-9,11,17H,10H2,1-2H3. The zero-order valence-corrected chi connectivity index (χ0v) is 11.1. The first kappa shape index (κ1) is 12.0. The molecule has 0 spiro atoms. The van der Waals surface area contributed by atoms with E-state index >= 15 is 0 Å². The van der Waals surface area contributed by atoms with Gasteiger partial charge in [-0.3, -0.25) is 0 Å². The molecule has 2 aromatic heterocycles. The van der Waals surface area contributed by atoms with Crippen molar-refractivity contribution in [1.82, 2.24) is 14.9 Å². The second-order valence-electron chi connectivity index (χ2n) is 4.74. The normalized spacial score (nSPS) is 12.9. The summed E-state index contributed by atoms with van der Waals surface area (Å²) < 4.78 is 7.85. The van der Waals surface area contributed by atoms with Crippen LogP contribution in [0.4, 0.5) is 0 Å². The van der Waals surface area contributed by atoms with Crippen molar-refractivity contribution < 1.29 is 4.42 Å². The fraction of sp³-hybridized carbons (Fsp3) is 0.267. The van der Waals surface area contributed by atoms with Gasteiger partial charge in [0.1, 0.15) is 17.2 Å². The van der Waals surface area contributed by atoms with Gasteiger partial charge in [-0.25, -0.2) is 4.98 Å². The van der Waals surface area contributed by atoms with Gasteiger partial charge < -0.3 is 14.3 Å². The molecule has 19 heavy (non-hydrogen) atoms. The van der Waals surface area contributed by atoms with E-state index in [4.69, 9.17) is 4.42 Å². The van der Waals surface area contributed by atoms with E-state index in [-0.39, 0.29) is 6.04 Å². The number of aryl methyl sites for hydroxylation is 1. The highest BCUT2D eigenvalue weighted by Gasteiger charge is 2.11. The first-order valence-electron chi connectivity index (χ1n) is 6.42. The van der Waals surface area contributed by atoms with E-state index in [1.807, 2.05) is 42.2 Å². The molecule has 0 fully saturated rings. The van der Waals surface area contributed by atoms with Crippen molar-refractivity contribution >= 4 is 11.0 Å². The van der Waals surface area contributed by atoms with E-state index in [1.165, 1.54) is 0 Å². The molecular formula is C15H17N3O. The molecule has 2 heterocycles. The molecule has 0 aliphatic heterocycles. The van der Waals surface area contributed by atoms with Crippen LogP contribution in [0.3, 0.4) is 0 Å². The number of benzene rings is 1. The summed E-state index contributed by atoms with van der Waals surface area (Å²) in [5.41, 5.74) is 0.933. The monoisotopic (exact) mass is 255 g/mol. The SMILES string of the molecule is CC(NCc1nccn1C)c1cc2ccccc2o1. The summed E-state index contributed by atoms with van der Waals surface area (Å²) >= 11 is 0. The number of furan rings is 1. The first-order valence-corrected chi connectivity index (χ1v) is 6.42. The maximum atomic E-state index is 5.84. The van der Waals surface area contributed by atoms with Crippen LogP contribution in [0.15, 0.2) is 47.1 Å². The molecule has 0 aliphatic carbocycles. The number of fused-ring (bicyclic) bond motifs is 1. The lowest BCUT2D eigenvalue weighted by molar-refractivity contribution is 0.444. The summed E-state index contributed by atoms with van der Waals surface area (Å²) in [4.78, 5) is 4.29. The minimum Gasteiger partial charge on any atom is -0.459 e. The summed E-state index contributed by atoms with van der Waals surface area (Å²) in [6, 6.07) is 10.3. The molecule has 1 unspecified atom stereocenters. The minimum atomic E-state index is 0.157. The van der Waals surface area contributed by atoms with Crippen LogP contribution in [0.5, 0.6) is 0 Å². The molecule has 1 atom stereocenters. The van der Waals surface area contributed by atoms with E-state index in [2.05, 4.69) is 29.4 Å². The van der Waals surface area contributed by atoms with Crippen LogP contribution in [0.25, 0.3) is 11.0 Å². The topological polar surface area (TPSA) is 43.0 Å². The molecule has 0 amide bonds. The van der Waals surface area contributed by atoms with Crippen molar-refractivity contribution in [1.29, 1.82) is 0 Å². The van der Waals surface area contributed by atoms with Gasteiger partial charge in [0.05, 0.1) is 12.6 Å². The molecule has 0 bridgehead atoms. The van der Waals surface area contributed by atoms with Crippen LogP contribution < -0.4 is 5.32 Å². The number of hydrogen-bond acceptors (Lipinski definition) is 3. The van der Waals surface area contributed by atoms with E-state index in [0.717, 1.165) is 29.1 Å². The third-order valence-electron chi connectivity index (χ3n) is 3.36. The molecule has 3 rings (SSSR count). The van der Waals surface area contributed by atoms with Gasteiger partial charge in [0, 0.05) is 24.8 Å². The van der Waals surface area contributed by atoms with Crippen LogP contribution in [-0.4, -0.2) is 9.55 Å². The third kappa shape index (κ3) is 2.39. The lowest BCUT2D eigenvalue weighted by Crippen LogP contribution is -2.19. The molecule has 0 aliphatic rings. The predicted molar refractivity (Wildman–Crippen MR) is 74.7 cm³/mol. The second kappa shape index (κ2) is 4.90. The smallest absolute Gasteiger partial charge is 0.134 e. The summed E-state index contributed by atoms with van der Waals surface area (Å²) in [6.07, 6.45) is 3.76. The molecule has 4 nitrogen and oxygen atoms in total. The molecule has 0 radical (unpaired) electrons. The van der Waals surface area contributed by atoms with Crippen LogP contribution in [0, 0.1) is 0 Å². The number of imidazole rings is 1. The van der Waals surface area contributed by atoms with Crippen LogP contribution in [0.2, 0.25) is 0 Å². The minimum absolute atomic E-state index is 0.157. The van der Waals surface area contributed by atoms with E-state index in [9.17, 15) is 0 Å². The van der Waals surface area contributed by atoms with Crippen molar-refractivity contribution in [3.63, 3.8) is 0 Å². The molecule has 4 heteroatoms. The van der Waals surface area contributed by atoms with Crippen LogP contribution in [-0.2, 0) is 13.6 Å². The van der Waals surface area contributed by atoms with Crippen molar-refractivity contribution in [3.05, 3.63) is 54.3 Å². The summed E-state index contributed by atoms with van der Waals surface area (Å²) in [5, 5.41) is 4.57. The average molecular weight is 255 g/mol. The van der Waals surface area contributed by atoms with Gasteiger partial charge in [0.25, 0.3) is 0 Å². The number of aromatic nitrogens is 2. The Kier molecular flexibility index (Phi) is 3.09. The van der Waals surface area contributed by atoms with Crippen LogP contribution in [0.1, 0.15) is 24.6 Å². The Hall–Kier alpha value is -2.07. The van der Waals surface area contributed by atoms with E-state index < -0.39 is 0 Å². The molecule has 1 aromatic carbocycles. The average Bonchev–Trinajstić information content (AvgIpc) is 3.01. The Morgan fingerprint density at radius 2 is 2.21 bits per heavy atom. The Bertz CT molecular complexity index is 650. The van der Waals surface area contributed by atoms with Crippen molar-refractivity contribution in [2.24, 2.45) is 7.05 Å². The maximum absolute atomic E-state index is 5.84. The fourth-order valence-electron chi connectivity index (χ4n) is 2.13. The number of nitrogens with zero attached hydrogens (tertiary/aromatic N) is 2. The zero-order valence-electron chi connectivity index (χ0n) is 11.1. The number of para-hydroxylation sites is 1.